The van der Waals surface area contributed by atoms with E-state index >= 15 is 0 Å². The largest absolute Gasteiger partial charge is 0.490 e. The SMILES string of the molecule is COc1c2c(cc3ccc(=O)oc13)C[C@H](C(C)(C)O)O2. The third-order valence-corrected chi connectivity index (χ3v) is 3.56. The molecule has 1 aliphatic heterocycles. The van der Waals surface area contributed by atoms with Crippen molar-refractivity contribution in [1.29, 1.82) is 0 Å². The molecule has 0 amide bonds. The first kappa shape index (κ1) is 13.0. The maximum atomic E-state index is 11.4. The fourth-order valence-corrected chi connectivity index (χ4v) is 2.46. The summed E-state index contributed by atoms with van der Waals surface area (Å²) < 4.78 is 16.4. The lowest BCUT2D eigenvalue weighted by atomic mass is 9.97. The summed E-state index contributed by atoms with van der Waals surface area (Å²) in [6.45, 7) is 3.41. The molecule has 1 aliphatic rings. The van der Waals surface area contributed by atoms with Gasteiger partial charge >= 0.3 is 5.63 Å². The van der Waals surface area contributed by atoms with Crippen molar-refractivity contribution in [2.24, 2.45) is 0 Å². The summed E-state index contributed by atoms with van der Waals surface area (Å²) in [6, 6.07) is 4.97. The predicted molar refractivity (Wildman–Crippen MR) is 73.5 cm³/mol. The second-order valence-electron chi connectivity index (χ2n) is 5.54. The quantitative estimate of drug-likeness (QED) is 0.848. The van der Waals surface area contributed by atoms with Crippen LogP contribution < -0.4 is 15.1 Å². The standard InChI is InChI=1S/C15H16O5/c1-15(2,17)10-7-9-6-8-4-5-11(16)20-12(8)14(18-3)13(9)19-10/h4-6,10,17H,7H2,1-3H3/t10-/m1/s1. The van der Waals surface area contributed by atoms with E-state index in [2.05, 4.69) is 0 Å². The molecule has 3 rings (SSSR count). The van der Waals surface area contributed by atoms with Crippen LogP contribution in [-0.4, -0.2) is 23.9 Å². The fourth-order valence-electron chi connectivity index (χ4n) is 2.46. The number of benzene rings is 1. The lowest BCUT2D eigenvalue weighted by Crippen LogP contribution is -2.39. The van der Waals surface area contributed by atoms with Gasteiger partial charge in [0.25, 0.3) is 0 Å². The molecule has 0 radical (unpaired) electrons. The van der Waals surface area contributed by atoms with Crippen molar-refractivity contribution in [3.63, 3.8) is 0 Å². The first-order valence-corrected chi connectivity index (χ1v) is 6.43. The van der Waals surface area contributed by atoms with E-state index in [0.717, 1.165) is 10.9 Å². The van der Waals surface area contributed by atoms with Crippen molar-refractivity contribution in [3.05, 3.63) is 34.2 Å². The lowest BCUT2D eigenvalue weighted by Gasteiger charge is -2.24. The minimum Gasteiger partial charge on any atom is -0.490 e. The summed E-state index contributed by atoms with van der Waals surface area (Å²) in [7, 11) is 1.50. The highest BCUT2D eigenvalue weighted by atomic mass is 16.5. The summed E-state index contributed by atoms with van der Waals surface area (Å²) >= 11 is 0. The number of hydrogen-bond acceptors (Lipinski definition) is 5. The zero-order valence-electron chi connectivity index (χ0n) is 11.6. The minimum absolute atomic E-state index is 0.352. The van der Waals surface area contributed by atoms with Gasteiger partial charge in [-0.1, -0.05) is 0 Å². The van der Waals surface area contributed by atoms with Crippen LogP contribution in [0.1, 0.15) is 19.4 Å². The van der Waals surface area contributed by atoms with Crippen LogP contribution in [-0.2, 0) is 6.42 Å². The van der Waals surface area contributed by atoms with Crippen LogP contribution >= 0.6 is 0 Å². The number of hydrogen-bond donors (Lipinski definition) is 1. The van der Waals surface area contributed by atoms with Crippen molar-refractivity contribution in [2.45, 2.75) is 32.0 Å². The fraction of sp³-hybridized carbons (Fsp3) is 0.400. The lowest BCUT2D eigenvalue weighted by molar-refractivity contribution is -0.0235. The predicted octanol–water partition coefficient (Wildman–Crippen LogP) is 1.88. The van der Waals surface area contributed by atoms with Crippen LogP contribution in [0.15, 0.2) is 27.4 Å². The first-order valence-electron chi connectivity index (χ1n) is 6.43. The van der Waals surface area contributed by atoms with Gasteiger partial charge in [0.05, 0.1) is 12.7 Å². The van der Waals surface area contributed by atoms with Crippen molar-refractivity contribution >= 4 is 11.0 Å². The Labute approximate surface area is 115 Å². The number of ether oxygens (including phenoxy) is 2. The summed E-state index contributed by atoms with van der Waals surface area (Å²) in [5.74, 6) is 0.948. The number of rotatable bonds is 2. The molecule has 0 spiro atoms. The Balaban J connectivity index is 2.21. The molecule has 1 aromatic heterocycles. The Hall–Kier alpha value is -2.01. The van der Waals surface area contributed by atoms with Crippen LogP contribution in [0.25, 0.3) is 11.0 Å². The Morgan fingerprint density at radius 1 is 1.40 bits per heavy atom. The van der Waals surface area contributed by atoms with Gasteiger partial charge < -0.3 is 19.0 Å². The molecule has 0 fully saturated rings. The van der Waals surface area contributed by atoms with E-state index in [-0.39, 0.29) is 6.10 Å². The summed E-state index contributed by atoms with van der Waals surface area (Å²) in [4.78, 5) is 11.4. The summed E-state index contributed by atoms with van der Waals surface area (Å²) in [5.41, 5.74) is -0.0879. The zero-order valence-corrected chi connectivity index (χ0v) is 11.6. The molecule has 0 unspecified atom stereocenters. The first-order chi connectivity index (χ1) is 9.40. The topological polar surface area (TPSA) is 68.9 Å². The third kappa shape index (κ3) is 1.94. The molecule has 2 heterocycles. The van der Waals surface area contributed by atoms with Crippen molar-refractivity contribution in [2.75, 3.05) is 7.11 Å². The van der Waals surface area contributed by atoms with Gasteiger partial charge in [-0.25, -0.2) is 4.79 Å². The average Bonchev–Trinajstić information content (AvgIpc) is 2.79. The van der Waals surface area contributed by atoms with Gasteiger partial charge in [0.15, 0.2) is 11.3 Å². The molecule has 2 aromatic rings. The number of methoxy groups -OCH3 is 1. The van der Waals surface area contributed by atoms with Gasteiger partial charge in [-0.05, 0) is 26.0 Å². The van der Waals surface area contributed by atoms with E-state index in [1.807, 2.05) is 6.07 Å². The molecule has 5 heteroatoms. The summed E-state index contributed by atoms with van der Waals surface area (Å²) in [6.07, 6.45) is 0.236. The van der Waals surface area contributed by atoms with Gasteiger partial charge in [-0.3, -0.25) is 0 Å². The maximum Gasteiger partial charge on any atom is 0.336 e. The van der Waals surface area contributed by atoms with Crippen molar-refractivity contribution < 1.29 is 19.0 Å². The molecule has 0 saturated carbocycles. The van der Waals surface area contributed by atoms with Crippen molar-refractivity contribution in [1.82, 2.24) is 0 Å². The van der Waals surface area contributed by atoms with E-state index in [4.69, 9.17) is 13.9 Å². The highest BCUT2D eigenvalue weighted by Gasteiger charge is 2.37. The van der Waals surface area contributed by atoms with Crippen LogP contribution in [0.2, 0.25) is 0 Å². The zero-order chi connectivity index (χ0) is 14.5. The van der Waals surface area contributed by atoms with Gasteiger partial charge in [-0.2, -0.15) is 0 Å². The maximum absolute atomic E-state index is 11.4. The monoisotopic (exact) mass is 276 g/mol. The highest BCUT2D eigenvalue weighted by Crippen LogP contribution is 2.44. The molecule has 5 nitrogen and oxygen atoms in total. The van der Waals surface area contributed by atoms with Crippen molar-refractivity contribution in [3.8, 4) is 11.5 Å². The Morgan fingerprint density at radius 2 is 2.15 bits per heavy atom. The van der Waals surface area contributed by atoms with Gasteiger partial charge in [-0.15, -0.1) is 0 Å². The second-order valence-corrected chi connectivity index (χ2v) is 5.54. The third-order valence-electron chi connectivity index (χ3n) is 3.56. The molecule has 0 saturated heterocycles. The molecule has 1 aromatic carbocycles. The molecule has 1 N–H and O–H groups in total. The molecule has 1 atom stereocenters. The van der Waals surface area contributed by atoms with E-state index in [9.17, 15) is 9.90 Å². The Kier molecular flexibility index (Phi) is 2.76. The molecule has 20 heavy (non-hydrogen) atoms. The van der Waals surface area contributed by atoms with E-state index in [0.29, 0.717) is 23.5 Å². The number of aliphatic hydroxyl groups is 1. The molecular weight excluding hydrogens is 260 g/mol. The molecular formula is C15H16O5. The average molecular weight is 276 g/mol. The highest BCUT2D eigenvalue weighted by molar-refractivity contribution is 5.87. The van der Waals surface area contributed by atoms with Gasteiger partial charge in [0.1, 0.15) is 6.10 Å². The summed E-state index contributed by atoms with van der Waals surface area (Å²) in [5, 5.41) is 10.9. The number of fused-ring (bicyclic) bond motifs is 2. The van der Waals surface area contributed by atoms with E-state index < -0.39 is 11.2 Å². The van der Waals surface area contributed by atoms with Crippen LogP contribution in [0.3, 0.4) is 0 Å². The van der Waals surface area contributed by atoms with Gasteiger partial charge in [0.2, 0.25) is 5.75 Å². The normalized spacial score (nSPS) is 17.9. The molecule has 0 aliphatic carbocycles. The Bertz CT molecular complexity index is 723. The molecule has 106 valence electrons. The Morgan fingerprint density at radius 3 is 2.80 bits per heavy atom. The van der Waals surface area contributed by atoms with Crippen LogP contribution in [0, 0.1) is 0 Å². The van der Waals surface area contributed by atoms with Crippen LogP contribution in [0.4, 0.5) is 0 Å². The van der Waals surface area contributed by atoms with Crippen LogP contribution in [0.5, 0.6) is 11.5 Å². The van der Waals surface area contributed by atoms with Gasteiger partial charge in [0, 0.05) is 23.4 Å². The molecule has 0 bridgehead atoms. The van der Waals surface area contributed by atoms with E-state index in [1.54, 1.807) is 19.9 Å². The smallest absolute Gasteiger partial charge is 0.336 e. The minimum atomic E-state index is -0.961. The second kappa shape index (κ2) is 4.24. The van der Waals surface area contributed by atoms with E-state index in [1.165, 1.54) is 13.2 Å².